The van der Waals surface area contributed by atoms with Crippen molar-refractivity contribution < 1.29 is 4.74 Å². The third-order valence-corrected chi connectivity index (χ3v) is 3.75. The molecule has 1 heterocycles. The van der Waals surface area contributed by atoms with Gasteiger partial charge in [-0.3, -0.25) is 0 Å². The third-order valence-electron chi connectivity index (χ3n) is 3.75. The van der Waals surface area contributed by atoms with Crippen LogP contribution in [0.25, 0.3) is 0 Å². The fourth-order valence-corrected chi connectivity index (χ4v) is 2.81. The number of hydrogen-bond donors (Lipinski definition) is 1. The van der Waals surface area contributed by atoms with E-state index in [4.69, 9.17) is 4.74 Å². The van der Waals surface area contributed by atoms with Gasteiger partial charge in [0.05, 0.1) is 12.2 Å². The summed E-state index contributed by atoms with van der Waals surface area (Å²) in [7, 11) is 0. The Bertz CT molecular complexity index is 266. The van der Waals surface area contributed by atoms with Gasteiger partial charge in [-0.2, -0.15) is 0 Å². The van der Waals surface area contributed by atoms with Crippen molar-refractivity contribution in [3.05, 3.63) is 0 Å². The lowest BCUT2D eigenvalue weighted by Gasteiger charge is -2.28. The van der Waals surface area contributed by atoms with Crippen LogP contribution in [-0.2, 0) is 4.74 Å². The van der Waals surface area contributed by atoms with Crippen LogP contribution in [0.4, 0.5) is 0 Å². The van der Waals surface area contributed by atoms with Gasteiger partial charge in [-0.15, -0.1) is 11.8 Å². The highest BCUT2D eigenvalue weighted by atomic mass is 16.5. The lowest BCUT2D eigenvalue weighted by molar-refractivity contribution is 0.0478. The number of hydrogen-bond acceptors (Lipinski definition) is 2. The minimum absolute atomic E-state index is 0.340. The third kappa shape index (κ3) is 2.99. The summed E-state index contributed by atoms with van der Waals surface area (Å²) in [6, 6.07) is 0.465. The number of rotatable bonds is 4. The Hall–Kier alpha value is -0.520. The maximum absolute atomic E-state index is 5.91. The van der Waals surface area contributed by atoms with Crippen LogP contribution < -0.4 is 5.32 Å². The van der Waals surface area contributed by atoms with Crippen molar-refractivity contribution in [2.75, 3.05) is 6.54 Å². The van der Waals surface area contributed by atoms with Crippen LogP contribution in [0.1, 0.15) is 41.0 Å². The van der Waals surface area contributed by atoms with Gasteiger partial charge in [0.2, 0.25) is 0 Å². The molecule has 0 aliphatic carbocycles. The normalized spacial score (nSPS) is 35.6. The van der Waals surface area contributed by atoms with Crippen molar-refractivity contribution in [3.8, 4) is 11.8 Å². The van der Waals surface area contributed by atoms with Gasteiger partial charge in [-0.05, 0) is 33.2 Å². The summed E-state index contributed by atoms with van der Waals surface area (Å²) in [6.07, 6.45) is 1.64. The van der Waals surface area contributed by atoms with Crippen molar-refractivity contribution in [1.29, 1.82) is 0 Å². The fraction of sp³-hybridized carbons (Fsp3) is 0.857. The van der Waals surface area contributed by atoms with E-state index in [1.807, 2.05) is 6.92 Å². The zero-order chi connectivity index (χ0) is 12.1. The molecule has 5 unspecified atom stereocenters. The lowest BCUT2D eigenvalue weighted by atomic mass is 9.82. The minimum Gasteiger partial charge on any atom is -0.375 e. The second kappa shape index (κ2) is 6.27. The molecule has 5 atom stereocenters. The Balaban J connectivity index is 2.71. The van der Waals surface area contributed by atoms with E-state index >= 15 is 0 Å². The largest absolute Gasteiger partial charge is 0.375 e. The molecular formula is C14H25NO. The number of ether oxygens (including phenoxy) is 1. The summed E-state index contributed by atoms with van der Waals surface area (Å²) < 4.78 is 5.91. The van der Waals surface area contributed by atoms with Crippen LogP contribution in [0.3, 0.4) is 0 Å². The zero-order valence-electron chi connectivity index (χ0n) is 11.2. The first kappa shape index (κ1) is 13.5. The number of nitrogens with one attached hydrogen (secondary N) is 1. The molecule has 0 radical (unpaired) electrons. The van der Waals surface area contributed by atoms with Crippen LogP contribution in [-0.4, -0.2) is 24.8 Å². The van der Waals surface area contributed by atoms with Gasteiger partial charge in [-0.25, -0.2) is 0 Å². The molecule has 0 aromatic heterocycles. The van der Waals surface area contributed by atoms with E-state index in [1.54, 1.807) is 0 Å². The maximum Gasteiger partial charge on any atom is 0.0597 e. The molecule has 0 amide bonds. The monoisotopic (exact) mass is 223 g/mol. The van der Waals surface area contributed by atoms with Crippen molar-refractivity contribution in [1.82, 2.24) is 5.32 Å². The summed E-state index contributed by atoms with van der Waals surface area (Å²) in [5, 5.41) is 3.56. The molecule has 2 nitrogen and oxygen atoms in total. The highest BCUT2D eigenvalue weighted by molar-refractivity contribution is 5.02. The van der Waals surface area contributed by atoms with Crippen LogP contribution >= 0.6 is 0 Å². The summed E-state index contributed by atoms with van der Waals surface area (Å²) >= 11 is 0. The summed E-state index contributed by atoms with van der Waals surface area (Å²) in [4.78, 5) is 0. The first-order valence-corrected chi connectivity index (χ1v) is 6.40. The Morgan fingerprint density at radius 1 is 1.25 bits per heavy atom. The molecule has 0 bridgehead atoms. The molecule has 1 rings (SSSR count). The molecule has 1 fully saturated rings. The van der Waals surface area contributed by atoms with E-state index in [1.165, 1.54) is 0 Å². The minimum atomic E-state index is 0.340. The van der Waals surface area contributed by atoms with Crippen molar-refractivity contribution in [2.45, 2.75) is 59.3 Å². The van der Waals surface area contributed by atoms with Crippen LogP contribution in [0.2, 0.25) is 0 Å². The Morgan fingerprint density at radius 2 is 1.94 bits per heavy atom. The SMILES string of the molecule is CC#CCC(NCC)C1C(C)OC(C)C1C. The van der Waals surface area contributed by atoms with E-state index in [2.05, 4.69) is 44.9 Å². The second-order valence-corrected chi connectivity index (χ2v) is 4.78. The first-order chi connectivity index (χ1) is 7.61. The van der Waals surface area contributed by atoms with Crippen molar-refractivity contribution in [3.63, 3.8) is 0 Å². The molecule has 0 saturated carbocycles. The molecule has 1 aliphatic heterocycles. The smallest absolute Gasteiger partial charge is 0.0597 e. The Morgan fingerprint density at radius 3 is 2.38 bits per heavy atom. The Labute approximate surface area is 100 Å². The molecule has 0 aromatic carbocycles. The van der Waals surface area contributed by atoms with Gasteiger partial charge in [0, 0.05) is 18.4 Å². The first-order valence-electron chi connectivity index (χ1n) is 6.40. The molecule has 1 N–H and O–H groups in total. The molecule has 92 valence electrons. The zero-order valence-corrected chi connectivity index (χ0v) is 11.2. The lowest BCUT2D eigenvalue weighted by Crippen LogP contribution is -2.41. The average molecular weight is 223 g/mol. The highest BCUT2D eigenvalue weighted by Gasteiger charge is 2.40. The van der Waals surface area contributed by atoms with Gasteiger partial charge in [-0.1, -0.05) is 13.8 Å². The fourth-order valence-electron chi connectivity index (χ4n) is 2.81. The van der Waals surface area contributed by atoms with Crippen LogP contribution in [0.15, 0.2) is 0 Å². The summed E-state index contributed by atoms with van der Waals surface area (Å²) in [5.74, 6) is 7.38. The van der Waals surface area contributed by atoms with Crippen LogP contribution in [0.5, 0.6) is 0 Å². The molecule has 1 aliphatic rings. The van der Waals surface area contributed by atoms with Gasteiger partial charge < -0.3 is 10.1 Å². The predicted molar refractivity (Wildman–Crippen MR) is 68.2 cm³/mol. The predicted octanol–water partition coefficient (Wildman–Crippen LogP) is 2.44. The van der Waals surface area contributed by atoms with E-state index in [-0.39, 0.29) is 0 Å². The summed E-state index contributed by atoms with van der Waals surface area (Å²) in [6.45, 7) is 11.7. The molecule has 1 saturated heterocycles. The summed E-state index contributed by atoms with van der Waals surface area (Å²) in [5.41, 5.74) is 0. The van der Waals surface area contributed by atoms with E-state index < -0.39 is 0 Å². The topological polar surface area (TPSA) is 21.3 Å². The van der Waals surface area contributed by atoms with Gasteiger partial charge in [0.1, 0.15) is 0 Å². The molecule has 0 spiro atoms. The average Bonchev–Trinajstić information content (AvgIpc) is 2.49. The molecular weight excluding hydrogens is 198 g/mol. The van der Waals surface area contributed by atoms with Crippen LogP contribution in [0, 0.1) is 23.7 Å². The van der Waals surface area contributed by atoms with Crippen molar-refractivity contribution in [2.24, 2.45) is 11.8 Å². The second-order valence-electron chi connectivity index (χ2n) is 4.78. The van der Waals surface area contributed by atoms with Crippen molar-refractivity contribution >= 4 is 0 Å². The van der Waals surface area contributed by atoms with E-state index in [9.17, 15) is 0 Å². The molecule has 0 aromatic rings. The Kier molecular flexibility index (Phi) is 5.31. The van der Waals surface area contributed by atoms with Gasteiger partial charge in [0.25, 0.3) is 0 Å². The quantitative estimate of drug-likeness (QED) is 0.739. The van der Waals surface area contributed by atoms with Gasteiger partial charge in [0.15, 0.2) is 0 Å². The molecule has 16 heavy (non-hydrogen) atoms. The van der Waals surface area contributed by atoms with E-state index in [0.29, 0.717) is 30.1 Å². The van der Waals surface area contributed by atoms with Gasteiger partial charge >= 0.3 is 0 Å². The van der Waals surface area contributed by atoms with E-state index in [0.717, 1.165) is 13.0 Å². The highest BCUT2D eigenvalue weighted by Crippen LogP contribution is 2.35. The standard InChI is InChI=1S/C14H25NO/c1-6-8-9-13(15-7-2)14-10(3)11(4)16-12(14)5/h10-15H,7,9H2,1-5H3. The molecule has 2 heteroatoms. The maximum atomic E-state index is 5.91.